The van der Waals surface area contributed by atoms with Crippen molar-refractivity contribution in [2.45, 2.75) is 45.4 Å². The molecule has 16 aromatic rings. The minimum atomic E-state index is -0.317. The van der Waals surface area contributed by atoms with Gasteiger partial charge in [-0.15, -0.1) is 0 Å². The van der Waals surface area contributed by atoms with Gasteiger partial charge in [0.15, 0.2) is 11.2 Å². The van der Waals surface area contributed by atoms with Gasteiger partial charge in [-0.25, -0.2) is 0 Å². The number of anilines is 6. The molecule has 0 unspecified atom stereocenters. The highest BCUT2D eigenvalue weighted by Crippen LogP contribution is 2.58. The Bertz CT molecular complexity index is 5620. The molecule has 0 amide bonds. The van der Waals surface area contributed by atoms with Gasteiger partial charge in [0.2, 0.25) is 0 Å². The SMILES string of the molecule is Cc1ccccc1N(c1cc2c(c3ccccc13)-c1cc3ccccc3cc1C2(C)C)c1cccc2c1oc1ccc(-c3ccc4cc5c(cc4c3)C(C)(C)c3cc(N(c4ccccc4)c4cccc6c4oc4ccccc46)c4ccccc4c3-5)cc12. The van der Waals surface area contributed by atoms with Crippen molar-refractivity contribution in [3.63, 3.8) is 0 Å². The van der Waals surface area contributed by atoms with E-state index in [0.717, 1.165) is 89.1 Å². The molecule has 0 N–H and O–H groups in total. The van der Waals surface area contributed by atoms with Gasteiger partial charge >= 0.3 is 0 Å². The Kier molecular flexibility index (Phi) is 10.4. The normalized spacial score (nSPS) is 13.8. The number of benzene rings is 14. The van der Waals surface area contributed by atoms with Crippen LogP contribution in [0.3, 0.4) is 0 Å². The molecule has 0 fully saturated rings. The first-order valence-corrected chi connectivity index (χ1v) is 30.4. The Labute approximate surface area is 504 Å². The van der Waals surface area contributed by atoms with Crippen molar-refractivity contribution < 1.29 is 8.83 Å². The van der Waals surface area contributed by atoms with E-state index in [0.29, 0.717) is 0 Å². The maximum atomic E-state index is 7.14. The molecule has 0 spiro atoms. The number of hydrogen-bond acceptors (Lipinski definition) is 4. The van der Waals surface area contributed by atoms with Gasteiger partial charge in [-0.2, -0.15) is 0 Å². The number of aryl methyl sites for hydroxylation is 1. The van der Waals surface area contributed by atoms with Gasteiger partial charge in [-0.05, 0) is 191 Å². The van der Waals surface area contributed by atoms with Gasteiger partial charge in [0.1, 0.15) is 11.2 Å². The first kappa shape index (κ1) is 49.7. The lowest BCUT2D eigenvalue weighted by atomic mass is 9.81. The molecule has 0 aliphatic heterocycles. The first-order valence-electron chi connectivity index (χ1n) is 30.4. The van der Waals surface area contributed by atoms with Gasteiger partial charge in [0.05, 0.1) is 22.7 Å². The maximum absolute atomic E-state index is 7.14. The highest BCUT2D eigenvalue weighted by Gasteiger charge is 2.40. The van der Waals surface area contributed by atoms with Crippen molar-refractivity contribution in [1.29, 1.82) is 0 Å². The van der Waals surface area contributed by atoms with Crippen molar-refractivity contribution >= 4 is 121 Å². The molecule has 2 aliphatic rings. The highest BCUT2D eigenvalue weighted by atomic mass is 16.3. The van der Waals surface area contributed by atoms with Crippen LogP contribution in [0.2, 0.25) is 0 Å². The topological polar surface area (TPSA) is 32.8 Å². The largest absolute Gasteiger partial charge is 0.454 e. The van der Waals surface area contributed by atoms with Crippen LogP contribution >= 0.6 is 0 Å². The summed E-state index contributed by atoms with van der Waals surface area (Å²) in [6, 6.07) is 96.2. The monoisotopic (exact) mass is 1110 g/mol. The first-order chi connectivity index (χ1) is 42.6. The zero-order valence-electron chi connectivity index (χ0n) is 49.0. The van der Waals surface area contributed by atoms with E-state index in [1.807, 2.05) is 6.07 Å². The average molecular weight is 1120 g/mol. The quantitative estimate of drug-likeness (QED) is 0.159. The van der Waals surface area contributed by atoms with Crippen molar-refractivity contribution in [3.05, 3.63) is 289 Å². The second kappa shape index (κ2) is 18.2. The predicted molar refractivity (Wildman–Crippen MR) is 366 cm³/mol. The van der Waals surface area contributed by atoms with Crippen molar-refractivity contribution in [1.82, 2.24) is 0 Å². The number of fused-ring (bicyclic) bond motifs is 18. The van der Waals surface area contributed by atoms with Crippen LogP contribution in [0, 0.1) is 6.92 Å². The average Bonchev–Trinajstić information content (AvgIpc) is 1.68. The Morgan fingerprint density at radius 3 is 1.40 bits per heavy atom. The molecule has 2 heterocycles. The molecule has 18 rings (SSSR count). The fraction of sp³-hybridized carbons (Fsp3) is 0.0843. The van der Waals surface area contributed by atoms with Crippen molar-refractivity contribution in [3.8, 4) is 33.4 Å². The van der Waals surface area contributed by atoms with E-state index in [2.05, 4.69) is 299 Å². The second-order valence-corrected chi connectivity index (χ2v) is 25.2. The van der Waals surface area contributed by atoms with Gasteiger partial charge in [-0.1, -0.05) is 198 Å². The fourth-order valence-corrected chi connectivity index (χ4v) is 15.3. The molecule has 0 saturated heterocycles. The van der Waals surface area contributed by atoms with Gasteiger partial charge in [0, 0.05) is 54.5 Å². The van der Waals surface area contributed by atoms with E-state index in [1.165, 1.54) is 93.2 Å². The minimum absolute atomic E-state index is 0.241. The standard InChI is InChI=1S/C83H58N2O2/c1-49-21-9-17-33-71(49)85(75-48-70-79(61-30-15-13-27-58(61)75)65-43-50-22-10-11-23-51(50)45-67(65)82(70,2)3)73-35-20-32-63-64-42-53(39-40-77(64)87-81(63)73)52-37-38-54-44-66-68(46-55(54)41-52)83(4,5)69-47-74(57-26-12-14-29-60(57)78(66)69)84(56-24-7-6-8-25-56)72-34-19-31-62-59-28-16-18-36-76(59)86-80(62)72/h6-48H,1-5H3. The van der Waals surface area contributed by atoms with E-state index in [1.54, 1.807) is 0 Å². The van der Waals surface area contributed by atoms with E-state index >= 15 is 0 Å². The lowest BCUT2D eigenvalue weighted by molar-refractivity contribution is 0.661. The third kappa shape index (κ3) is 7.13. The molecule has 0 bridgehead atoms. The number of hydrogen-bond donors (Lipinski definition) is 0. The number of furan rings is 2. The smallest absolute Gasteiger partial charge is 0.159 e. The predicted octanol–water partition coefficient (Wildman–Crippen LogP) is 23.6. The van der Waals surface area contributed by atoms with E-state index in [9.17, 15) is 0 Å². The lowest BCUT2D eigenvalue weighted by Crippen LogP contribution is -2.17. The molecular formula is C83H58N2O2. The van der Waals surface area contributed by atoms with Gasteiger partial charge < -0.3 is 18.6 Å². The Hall–Kier alpha value is -10.7. The van der Waals surface area contributed by atoms with Gasteiger partial charge in [-0.3, -0.25) is 0 Å². The third-order valence-corrected chi connectivity index (χ3v) is 19.7. The Morgan fingerprint density at radius 2 is 0.747 bits per heavy atom. The Morgan fingerprint density at radius 1 is 0.287 bits per heavy atom. The number of rotatable bonds is 7. The molecule has 412 valence electrons. The minimum Gasteiger partial charge on any atom is -0.454 e. The van der Waals surface area contributed by atoms with Crippen LogP contribution in [-0.4, -0.2) is 0 Å². The van der Waals surface area contributed by atoms with Crippen molar-refractivity contribution in [2.75, 3.05) is 9.80 Å². The van der Waals surface area contributed by atoms with Crippen LogP contribution < -0.4 is 9.80 Å². The molecule has 2 aromatic heterocycles. The second-order valence-electron chi connectivity index (χ2n) is 25.2. The summed E-state index contributed by atoms with van der Waals surface area (Å²) in [5, 5.41) is 14.2. The van der Waals surface area contributed by atoms with E-state index in [-0.39, 0.29) is 10.8 Å². The van der Waals surface area contributed by atoms with Crippen LogP contribution in [0.5, 0.6) is 0 Å². The zero-order valence-corrected chi connectivity index (χ0v) is 49.0. The summed E-state index contributed by atoms with van der Waals surface area (Å²) >= 11 is 0. The summed E-state index contributed by atoms with van der Waals surface area (Å²) in [6.07, 6.45) is 0. The summed E-state index contributed by atoms with van der Waals surface area (Å²) in [4.78, 5) is 4.87. The summed E-state index contributed by atoms with van der Waals surface area (Å²) in [5.74, 6) is 0. The van der Waals surface area contributed by atoms with Crippen LogP contribution in [0.4, 0.5) is 34.1 Å². The summed E-state index contributed by atoms with van der Waals surface area (Å²) in [6.45, 7) is 11.8. The lowest BCUT2D eigenvalue weighted by Gasteiger charge is -2.30. The van der Waals surface area contributed by atoms with Crippen LogP contribution in [0.1, 0.15) is 55.5 Å². The van der Waals surface area contributed by atoms with Crippen LogP contribution in [0.25, 0.3) is 120 Å². The summed E-state index contributed by atoms with van der Waals surface area (Å²) < 4.78 is 13.9. The molecule has 14 aromatic carbocycles. The Balaban J connectivity index is 0.758. The van der Waals surface area contributed by atoms with Crippen LogP contribution in [-0.2, 0) is 10.8 Å². The molecule has 2 aliphatic carbocycles. The highest BCUT2D eigenvalue weighted by molar-refractivity contribution is 6.17. The molecular weight excluding hydrogens is 1060 g/mol. The molecule has 0 radical (unpaired) electrons. The fourth-order valence-electron chi connectivity index (χ4n) is 15.3. The molecule has 0 atom stereocenters. The number of nitrogens with zero attached hydrogens (tertiary/aromatic N) is 2. The maximum Gasteiger partial charge on any atom is 0.159 e. The zero-order chi connectivity index (χ0) is 58.0. The molecule has 4 heteroatoms. The molecule has 0 saturated carbocycles. The van der Waals surface area contributed by atoms with Gasteiger partial charge in [0.25, 0.3) is 0 Å². The van der Waals surface area contributed by atoms with Crippen LogP contribution in [0.15, 0.2) is 270 Å². The van der Waals surface area contributed by atoms with E-state index in [4.69, 9.17) is 8.83 Å². The summed E-state index contributed by atoms with van der Waals surface area (Å²) in [5.41, 5.74) is 23.4. The third-order valence-electron chi connectivity index (χ3n) is 19.7. The summed E-state index contributed by atoms with van der Waals surface area (Å²) in [7, 11) is 0. The van der Waals surface area contributed by atoms with Crippen molar-refractivity contribution in [2.24, 2.45) is 0 Å². The van der Waals surface area contributed by atoms with E-state index < -0.39 is 0 Å². The number of para-hydroxylation sites is 5. The molecule has 4 nitrogen and oxygen atoms in total. The molecule has 87 heavy (non-hydrogen) atoms.